The number of carbonyl (C=O) groups is 2. The number of hydrogen-bond donors (Lipinski definition) is 2. The van der Waals surface area contributed by atoms with Crippen molar-refractivity contribution in [2.75, 3.05) is 13.1 Å². The number of rotatable bonds is 4. The summed E-state index contributed by atoms with van der Waals surface area (Å²) in [5.74, 6) is -1.05. The van der Waals surface area contributed by atoms with E-state index in [4.69, 9.17) is 11.6 Å². The molecule has 9 heteroatoms. The number of hydrogen-bond acceptors (Lipinski definition) is 4. The largest absolute Gasteiger partial charge is 0.273 e. The van der Waals surface area contributed by atoms with Gasteiger partial charge in [0.05, 0.1) is 10.8 Å². The molecule has 2 N–H and O–H groups in total. The molecule has 1 aromatic carbocycles. The van der Waals surface area contributed by atoms with E-state index in [9.17, 15) is 18.0 Å². The van der Waals surface area contributed by atoms with Gasteiger partial charge in [-0.15, -0.1) is 0 Å². The maximum absolute atomic E-state index is 12.7. The predicted octanol–water partition coefficient (Wildman–Crippen LogP) is 1.30. The van der Waals surface area contributed by atoms with Crippen molar-refractivity contribution in [1.29, 1.82) is 0 Å². The summed E-state index contributed by atoms with van der Waals surface area (Å²) in [4.78, 5) is 23.9. The fourth-order valence-corrected chi connectivity index (χ4v) is 4.65. The van der Waals surface area contributed by atoms with Crippen LogP contribution >= 0.6 is 11.6 Å². The molecule has 136 valence electrons. The van der Waals surface area contributed by atoms with Crippen molar-refractivity contribution < 1.29 is 18.0 Å². The summed E-state index contributed by atoms with van der Waals surface area (Å²) in [6.07, 6.45) is 2.84. The van der Waals surface area contributed by atoms with Gasteiger partial charge in [0.1, 0.15) is 0 Å². The predicted molar refractivity (Wildman–Crippen MR) is 91.9 cm³/mol. The molecule has 1 heterocycles. The Balaban J connectivity index is 1.63. The maximum atomic E-state index is 12.7. The third-order valence-electron chi connectivity index (χ3n) is 4.45. The normalized spacial score (nSPS) is 21.6. The molecule has 2 aliphatic rings. The highest BCUT2D eigenvalue weighted by atomic mass is 35.5. The quantitative estimate of drug-likeness (QED) is 0.763. The summed E-state index contributed by atoms with van der Waals surface area (Å²) in [5, 5.41) is 0.343. The van der Waals surface area contributed by atoms with Crippen LogP contribution in [0.15, 0.2) is 29.2 Å². The van der Waals surface area contributed by atoms with Crippen LogP contribution in [0.2, 0.25) is 5.02 Å². The van der Waals surface area contributed by atoms with Gasteiger partial charge in [0.15, 0.2) is 0 Å². The zero-order valence-corrected chi connectivity index (χ0v) is 15.1. The van der Waals surface area contributed by atoms with E-state index in [1.54, 1.807) is 12.1 Å². The highest BCUT2D eigenvalue weighted by Crippen LogP contribution is 2.28. The van der Waals surface area contributed by atoms with Gasteiger partial charge in [-0.25, -0.2) is 8.42 Å². The highest BCUT2D eigenvalue weighted by molar-refractivity contribution is 7.89. The standard InChI is InChI=1S/C16H20ClN3O4S/c17-13-4-1-5-14(9-13)25(23,24)20-8-2-3-12(10-20)16(22)19-18-15(21)11-6-7-11/h1,4-5,9,11-12H,2-3,6-8,10H2,(H,18,21)(H,19,22). The Bertz CT molecular complexity index is 779. The van der Waals surface area contributed by atoms with E-state index < -0.39 is 15.9 Å². The summed E-state index contributed by atoms with van der Waals surface area (Å²) < 4.78 is 26.8. The minimum atomic E-state index is -3.70. The van der Waals surface area contributed by atoms with Crippen LogP contribution in [-0.4, -0.2) is 37.6 Å². The molecule has 7 nitrogen and oxygen atoms in total. The maximum Gasteiger partial charge on any atom is 0.243 e. The van der Waals surface area contributed by atoms with Crippen LogP contribution in [0.3, 0.4) is 0 Å². The first kappa shape index (κ1) is 18.2. The van der Waals surface area contributed by atoms with Crippen LogP contribution < -0.4 is 10.9 Å². The first-order chi connectivity index (χ1) is 11.9. The molecule has 0 bridgehead atoms. The van der Waals surface area contributed by atoms with Crippen LogP contribution in [0, 0.1) is 11.8 Å². The lowest BCUT2D eigenvalue weighted by Crippen LogP contribution is -2.50. The van der Waals surface area contributed by atoms with Gasteiger partial charge >= 0.3 is 0 Å². The molecule has 2 fully saturated rings. The summed E-state index contributed by atoms with van der Waals surface area (Å²) in [7, 11) is -3.70. The average Bonchev–Trinajstić information content (AvgIpc) is 3.44. The van der Waals surface area contributed by atoms with Gasteiger partial charge in [-0.05, 0) is 43.9 Å². The summed E-state index contributed by atoms with van der Waals surface area (Å²) >= 11 is 5.88. The van der Waals surface area contributed by atoms with Crippen molar-refractivity contribution in [3.05, 3.63) is 29.3 Å². The van der Waals surface area contributed by atoms with Gasteiger partial charge in [-0.3, -0.25) is 20.4 Å². The van der Waals surface area contributed by atoms with Crippen LogP contribution in [0.25, 0.3) is 0 Å². The Morgan fingerprint density at radius 2 is 1.76 bits per heavy atom. The van der Waals surface area contributed by atoms with Crippen molar-refractivity contribution >= 4 is 33.4 Å². The summed E-state index contributed by atoms with van der Waals surface area (Å²) in [6, 6.07) is 6.07. The van der Waals surface area contributed by atoms with Crippen molar-refractivity contribution in [3.63, 3.8) is 0 Å². The number of halogens is 1. The number of carbonyl (C=O) groups excluding carboxylic acids is 2. The lowest BCUT2D eigenvalue weighted by molar-refractivity contribution is -0.132. The molecule has 1 aromatic rings. The molecule has 0 radical (unpaired) electrons. The van der Waals surface area contributed by atoms with Crippen molar-refractivity contribution in [1.82, 2.24) is 15.2 Å². The minimum Gasteiger partial charge on any atom is -0.273 e. The number of nitrogens with zero attached hydrogens (tertiary/aromatic N) is 1. The second-order valence-electron chi connectivity index (χ2n) is 6.41. The molecule has 25 heavy (non-hydrogen) atoms. The molecule has 2 amide bonds. The lowest BCUT2D eigenvalue weighted by Gasteiger charge is -2.31. The molecule has 1 saturated carbocycles. The Hall–Kier alpha value is -1.64. The van der Waals surface area contributed by atoms with Gasteiger partial charge in [0.25, 0.3) is 0 Å². The molecule has 1 atom stereocenters. The monoisotopic (exact) mass is 385 g/mol. The van der Waals surface area contributed by atoms with E-state index in [0.29, 0.717) is 24.4 Å². The van der Waals surface area contributed by atoms with Crippen molar-refractivity contribution in [2.24, 2.45) is 11.8 Å². The number of amides is 2. The van der Waals surface area contributed by atoms with Crippen LogP contribution in [-0.2, 0) is 19.6 Å². The van der Waals surface area contributed by atoms with E-state index in [1.807, 2.05) is 0 Å². The number of nitrogens with one attached hydrogen (secondary N) is 2. The number of benzene rings is 1. The fraction of sp³-hybridized carbons (Fsp3) is 0.500. The number of hydrazine groups is 1. The minimum absolute atomic E-state index is 0.00800. The lowest BCUT2D eigenvalue weighted by atomic mass is 9.99. The van der Waals surface area contributed by atoms with Gasteiger partial charge in [0.2, 0.25) is 21.8 Å². The van der Waals surface area contributed by atoms with E-state index >= 15 is 0 Å². The zero-order valence-electron chi connectivity index (χ0n) is 13.6. The Kier molecular flexibility index (Phi) is 5.31. The van der Waals surface area contributed by atoms with Gasteiger partial charge in [-0.2, -0.15) is 4.31 Å². The first-order valence-electron chi connectivity index (χ1n) is 8.23. The van der Waals surface area contributed by atoms with Crippen LogP contribution in [0.1, 0.15) is 25.7 Å². The third-order valence-corrected chi connectivity index (χ3v) is 6.54. The molecule has 1 aliphatic carbocycles. The third kappa shape index (κ3) is 4.31. The topological polar surface area (TPSA) is 95.6 Å². The molecule has 1 unspecified atom stereocenters. The summed E-state index contributed by atoms with van der Waals surface area (Å²) in [6.45, 7) is 0.438. The van der Waals surface area contributed by atoms with E-state index in [-0.39, 0.29) is 29.2 Å². The molecule has 0 spiro atoms. The van der Waals surface area contributed by atoms with Crippen molar-refractivity contribution in [2.45, 2.75) is 30.6 Å². The Morgan fingerprint density at radius 1 is 1.08 bits per heavy atom. The SMILES string of the molecule is O=C(NNC(=O)C1CCCN(S(=O)(=O)c2cccc(Cl)c2)C1)C1CC1. The molecule has 3 rings (SSSR count). The van der Waals surface area contributed by atoms with Gasteiger partial charge in [-0.1, -0.05) is 17.7 Å². The average molecular weight is 386 g/mol. The highest BCUT2D eigenvalue weighted by Gasteiger charge is 2.34. The van der Waals surface area contributed by atoms with E-state index in [0.717, 1.165) is 12.8 Å². The Labute approximate surface area is 151 Å². The molecule has 1 saturated heterocycles. The van der Waals surface area contributed by atoms with Gasteiger partial charge < -0.3 is 0 Å². The number of piperidine rings is 1. The second kappa shape index (κ2) is 7.31. The zero-order chi connectivity index (χ0) is 18.0. The molecule has 0 aromatic heterocycles. The van der Waals surface area contributed by atoms with Gasteiger partial charge in [0, 0.05) is 24.0 Å². The Morgan fingerprint density at radius 3 is 2.40 bits per heavy atom. The van der Waals surface area contributed by atoms with Crippen LogP contribution in [0.5, 0.6) is 0 Å². The first-order valence-corrected chi connectivity index (χ1v) is 10.0. The second-order valence-corrected chi connectivity index (χ2v) is 8.79. The van der Waals surface area contributed by atoms with E-state index in [2.05, 4.69) is 10.9 Å². The summed E-state index contributed by atoms with van der Waals surface area (Å²) in [5.41, 5.74) is 4.82. The molecular formula is C16H20ClN3O4S. The fourth-order valence-electron chi connectivity index (χ4n) is 2.82. The van der Waals surface area contributed by atoms with Crippen LogP contribution in [0.4, 0.5) is 0 Å². The molecule has 1 aliphatic heterocycles. The molecular weight excluding hydrogens is 366 g/mol. The van der Waals surface area contributed by atoms with Crippen molar-refractivity contribution in [3.8, 4) is 0 Å². The number of sulfonamides is 1. The van der Waals surface area contributed by atoms with E-state index in [1.165, 1.54) is 16.4 Å². The smallest absolute Gasteiger partial charge is 0.243 e.